The minimum atomic E-state index is -0.0650. The molecule has 0 fully saturated rings. The van der Waals surface area contributed by atoms with Crippen LogP contribution in [0.4, 0.5) is 0 Å². The molecule has 0 saturated heterocycles. The summed E-state index contributed by atoms with van der Waals surface area (Å²) in [6.07, 6.45) is 0. The van der Waals surface area contributed by atoms with Crippen molar-refractivity contribution in [3.05, 3.63) is 23.8 Å². The van der Waals surface area contributed by atoms with Crippen LogP contribution in [0.3, 0.4) is 0 Å². The molecule has 1 unspecified atom stereocenters. The van der Waals surface area contributed by atoms with Crippen LogP contribution in [0.1, 0.15) is 11.6 Å². The predicted molar refractivity (Wildman–Crippen MR) is 61.5 cm³/mol. The van der Waals surface area contributed by atoms with E-state index in [-0.39, 0.29) is 6.04 Å². The third-order valence-corrected chi connectivity index (χ3v) is 2.34. The van der Waals surface area contributed by atoms with Crippen LogP contribution < -0.4 is 20.7 Å². The Morgan fingerprint density at radius 2 is 1.88 bits per heavy atom. The predicted octanol–water partition coefficient (Wildman–Crippen LogP) is 0.855. The molecule has 0 bridgehead atoms. The van der Waals surface area contributed by atoms with Crippen LogP contribution in [0.15, 0.2) is 18.2 Å². The molecular formula is C11H18N2O3. The first-order chi connectivity index (χ1) is 7.76. The van der Waals surface area contributed by atoms with Gasteiger partial charge in [0.15, 0.2) is 11.5 Å². The van der Waals surface area contributed by atoms with Crippen molar-refractivity contribution in [1.82, 2.24) is 5.43 Å². The summed E-state index contributed by atoms with van der Waals surface area (Å²) in [6.45, 7) is 0.492. The van der Waals surface area contributed by atoms with Gasteiger partial charge in [-0.25, -0.2) is 0 Å². The van der Waals surface area contributed by atoms with Gasteiger partial charge in [0, 0.05) is 7.11 Å². The summed E-state index contributed by atoms with van der Waals surface area (Å²) >= 11 is 0. The number of methoxy groups -OCH3 is 3. The Morgan fingerprint density at radius 3 is 2.38 bits per heavy atom. The molecule has 0 heterocycles. The lowest BCUT2D eigenvalue weighted by Gasteiger charge is -2.17. The lowest BCUT2D eigenvalue weighted by molar-refractivity contribution is 0.167. The van der Waals surface area contributed by atoms with E-state index < -0.39 is 0 Å². The third kappa shape index (κ3) is 2.85. The van der Waals surface area contributed by atoms with E-state index in [0.717, 1.165) is 5.56 Å². The van der Waals surface area contributed by atoms with Crippen LogP contribution in [0.2, 0.25) is 0 Å². The lowest BCUT2D eigenvalue weighted by Crippen LogP contribution is -2.31. The van der Waals surface area contributed by atoms with E-state index in [1.54, 1.807) is 21.3 Å². The van der Waals surface area contributed by atoms with Gasteiger partial charge >= 0.3 is 0 Å². The largest absolute Gasteiger partial charge is 0.493 e. The number of hydrogen-bond acceptors (Lipinski definition) is 5. The lowest BCUT2D eigenvalue weighted by atomic mass is 10.1. The van der Waals surface area contributed by atoms with Crippen LogP contribution in [0, 0.1) is 0 Å². The molecule has 16 heavy (non-hydrogen) atoms. The van der Waals surface area contributed by atoms with Crippen molar-refractivity contribution in [2.75, 3.05) is 27.9 Å². The van der Waals surface area contributed by atoms with Crippen molar-refractivity contribution in [1.29, 1.82) is 0 Å². The van der Waals surface area contributed by atoms with Gasteiger partial charge in [-0.3, -0.25) is 11.3 Å². The number of hydrazine groups is 1. The molecule has 1 rings (SSSR count). The Morgan fingerprint density at radius 1 is 1.19 bits per heavy atom. The minimum absolute atomic E-state index is 0.0650. The average Bonchev–Trinajstić information content (AvgIpc) is 2.35. The molecule has 0 spiro atoms. The highest BCUT2D eigenvalue weighted by atomic mass is 16.5. The Balaban J connectivity index is 2.96. The van der Waals surface area contributed by atoms with Gasteiger partial charge in [-0.05, 0) is 17.7 Å². The molecule has 5 heteroatoms. The Hall–Kier alpha value is -1.30. The Bertz CT molecular complexity index is 331. The highest BCUT2D eigenvalue weighted by molar-refractivity contribution is 5.43. The number of benzene rings is 1. The van der Waals surface area contributed by atoms with Gasteiger partial charge in [-0.1, -0.05) is 6.07 Å². The molecule has 0 aliphatic rings. The molecule has 0 radical (unpaired) electrons. The zero-order valence-corrected chi connectivity index (χ0v) is 9.82. The summed E-state index contributed by atoms with van der Waals surface area (Å²) in [5, 5.41) is 0. The molecule has 1 aromatic carbocycles. The van der Waals surface area contributed by atoms with Gasteiger partial charge in [0.05, 0.1) is 26.9 Å². The van der Waals surface area contributed by atoms with Gasteiger partial charge in [0.25, 0.3) is 0 Å². The van der Waals surface area contributed by atoms with Crippen molar-refractivity contribution in [2.24, 2.45) is 5.84 Å². The summed E-state index contributed by atoms with van der Waals surface area (Å²) in [5.74, 6) is 6.82. The molecular weight excluding hydrogens is 208 g/mol. The maximum Gasteiger partial charge on any atom is 0.161 e. The molecule has 0 amide bonds. The summed E-state index contributed by atoms with van der Waals surface area (Å²) in [7, 11) is 4.83. The Labute approximate surface area is 95.5 Å². The molecule has 3 N–H and O–H groups in total. The van der Waals surface area contributed by atoms with Crippen molar-refractivity contribution >= 4 is 0 Å². The van der Waals surface area contributed by atoms with Gasteiger partial charge < -0.3 is 14.2 Å². The van der Waals surface area contributed by atoms with Crippen LogP contribution in [0.5, 0.6) is 11.5 Å². The summed E-state index contributed by atoms with van der Waals surface area (Å²) in [5.41, 5.74) is 3.67. The average molecular weight is 226 g/mol. The fraction of sp³-hybridized carbons (Fsp3) is 0.455. The first-order valence-corrected chi connectivity index (χ1v) is 4.93. The molecule has 90 valence electrons. The van der Waals surface area contributed by atoms with Crippen molar-refractivity contribution < 1.29 is 14.2 Å². The fourth-order valence-corrected chi connectivity index (χ4v) is 1.48. The second kappa shape index (κ2) is 6.32. The quantitative estimate of drug-likeness (QED) is 0.556. The van der Waals surface area contributed by atoms with Gasteiger partial charge in [0.2, 0.25) is 0 Å². The summed E-state index contributed by atoms with van der Waals surface area (Å²) in [6, 6.07) is 5.58. The van der Waals surface area contributed by atoms with Crippen molar-refractivity contribution in [3.63, 3.8) is 0 Å². The van der Waals surface area contributed by atoms with E-state index in [1.807, 2.05) is 18.2 Å². The van der Waals surface area contributed by atoms with E-state index in [2.05, 4.69) is 5.43 Å². The van der Waals surface area contributed by atoms with Gasteiger partial charge in [-0.2, -0.15) is 0 Å². The molecule has 5 nitrogen and oxygen atoms in total. The maximum atomic E-state index is 5.45. The fourth-order valence-electron chi connectivity index (χ4n) is 1.48. The molecule has 0 aromatic heterocycles. The topological polar surface area (TPSA) is 65.7 Å². The highest BCUT2D eigenvalue weighted by Gasteiger charge is 2.12. The monoisotopic (exact) mass is 226 g/mol. The number of rotatable bonds is 6. The van der Waals surface area contributed by atoms with Crippen LogP contribution in [0.25, 0.3) is 0 Å². The first kappa shape index (κ1) is 12.8. The summed E-state index contributed by atoms with van der Waals surface area (Å²) in [4.78, 5) is 0. The highest BCUT2D eigenvalue weighted by Crippen LogP contribution is 2.29. The van der Waals surface area contributed by atoms with E-state index in [0.29, 0.717) is 18.1 Å². The van der Waals surface area contributed by atoms with Crippen molar-refractivity contribution in [3.8, 4) is 11.5 Å². The second-order valence-corrected chi connectivity index (χ2v) is 3.29. The minimum Gasteiger partial charge on any atom is -0.493 e. The number of hydrogen-bond donors (Lipinski definition) is 2. The van der Waals surface area contributed by atoms with Crippen LogP contribution >= 0.6 is 0 Å². The normalized spacial score (nSPS) is 12.2. The third-order valence-electron chi connectivity index (χ3n) is 2.34. The molecule has 1 atom stereocenters. The van der Waals surface area contributed by atoms with E-state index in [1.165, 1.54) is 0 Å². The molecule has 0 saturated carbocycles. The van der Waals surface area contributed by atoms with Gasteiger partial charge in [-0.15, -0.1) is 0 Å². The first-order valence-electron chi connectivity index (χ1n) is 4.93. The maximum absolute atomic E-state index is 5.45. The molecule has 0 aliphatic heterocycles. The SMILES string of the molecule is COCC(NN)c1ccc(OC)c(OC)c1. The standard InChI is InChI=1S/C11H18N2O3/c1-14-7-9(13-12)8-4-5-10(15-2)11(6-8)16-3/h4-6,9,13H,7,12H2,1-3H3. The zero-order chi connectivity index (χ0) is 12.0. The van der Waals surface area contributed by atoms with E-state index >= 15 is 0 Å². The van der Waals surface area contributed by atoms with Gasteiger partial charge in [0.1, 0.15) is 0 Å². The zero-order valence-electron chi connectivity index (χ0n) is 9.82. The summed E-state index contributed by atoms with van der Waals surface area (Å²) < 4.78 is 15.4. The van der Waals surface area contributed by atoms with E-state index in [9.17, 15) is 0 Å². The van der Waals surface area contributed by atoms with Crippen molar-refractivity contribution in [2.45, 2.75) is 6.04 Å². The van der Waals surface area contributed by atoms with Crippen LogP contribution in [-0.2, 0) is 4.74 Å². The Kier molecular flexibility index (Phi) is 5.04. The van der Waals surface area contributed by atoms with E-state index in [4.69, 9.17) is 20.1 Å². The molecule has 0 aliphatic carbocycles. The van der Waals surface area contributed by atoms with Crippen LogP contribution in [-0.4, -0.2) is 27.9 Å². The second-order valence-electron chi connectivity index (χ2n) is 3.29. The number of ether oxygens (including phenoxy) is 3. The number of nitrogens with two attached hydrogens (primary N) is 1. The smallest absolute Gasteiger partial charge is 0.161 e. The number of nitrogens with one attached hydrogen (secondary N) is 1. The molecule has 1 aromatic rings.